The number of aromatic nitrogens is 2. The highest BCUT2D eigenvalue weighted by Crippen LogP contribution is 2.18. The van der Waals surface area contributed by atoms with Gasteiger partial charge in [0, 0.05) is 50.4 Å². The van der Waals surface area contributed by atoms with E-state index in [0.717, 1.165) is 6.42 Å². The first kappa shape index (κ1) is 19.8. The van der Waals surface area contributed by atoms with Crippen molar-refractivity contribution in [3.05, 3.63) is 24.3 Å². The second-order valence-corrected chi connectivity index (χ2v) is 6.65. The van der Waals surface area contributed by atoms with E-state index in [1.165, 1.54) is 18.6 Å². The molecule has 1 aliphatic heterocycles. The summed E-state index contributed by atoms with van der Waals surface area (Å²) in [6, 6.07) is -0.00194. The Kier molecular flexibility index (Phi) is 7.06. The minimum Gasteiger partial charge on any atom is -0.369 e. The number of primary amides is 1. The van der Waals surface area contributed by atoms with Gasteiger partial charge in [0.1, 0.15) is 5.69 Å². The lowest BCUT2D eigenvalue weighted by atomic mass is 9.96. The minimum absolute atomic E-state index is 0.00194. The van der Waals surface area contributed by atoms with Crippen molar-refractivity contribution in [2.75, 3.05) is 19.6 Å². The summed E-state index contributed by atoms with van der Waals surface area (Å²) >= 11 is 0. The van der Waals surface area contributed by atoms with Crippen LogP contribution in [0.4, 0.5) is 0 Å². The summed E-state index contributed by atoms with van der Waals surface area (Å²) in [5.41, 5.74) is 5.61. The Morgan fingerprint density at radius 2 is 2.00 bits per heavy atom. The van der Waals surface area contributed by atoms with Gasteiger partial charge in [0.2, 0.25) is 11.8 Å². The molecular weight excluding hydrogens is 334 g/mol. The number of carbonyl (C=O) groups excluding carboxylic acids is 3. The highest BCUT2D eigenvalue weighted by molar-refractivity contribution is 5.92. The van der Waals surface area contributed by atoms with Crippen LogP contribution in [0.1, 0.15) is 50.0 Å². The van der Waals surface area contributed by atoms with E-state index in [1.54, 1.807) is 9.80 Å². The molecule has 0 radical (unpaired) electrons. The highest BCUT2D eigenvalue weighted by Gasteiger charge is 2.27. The summed E-state index contributed by atoms with van der Waals surface area (Å²) in [5, 5.41) is 0. The lowest BCUT2D eigenvalue weighted by Gasteiger charge is -2.32. The number of hydrogen-bond acceptors (Lipinski definition) is 5. The summed E-state index contributed by atoms with van der Waals surface area (Å²) in [5.74, 6) is -0.663. The van der Waals surface area contributed by atoms with E-state index in [-0.39, 0.29) is 41.8 Å². The molecule has 3 amide bonds. The minimum atomic E-state index is -0.297. The normalized spacial score (nSPS) is 16.2. The Hall–Kier alpha value is -2.51. The number of carbonyl (C=O) groups is 3. The van der Waals surface area contributed by atoms with E-state index in [1.807, 2.05) is 13.8 Å². The number of amides is 3. The average molecular weight is 361 g/mol. The number of piperidine rings is 1. The van der Waals surface area contributed by atoms with Gasteiger partial charge in [-0.2, -0.15) is 0 Å². The second kappa shape index (κ2) is 9.26. The van der Waals surface area contributed by atoms with Crippen molar-refractivity contribution in [3.8, 4) is 0 Å². The van der Waals surface area contributed by atoms with Gasteiger partial charge in [-0.1, -0.05) is 6.92 Å². The Bertz CT molecular complexity index is 629. The van der Waals surface area contributed by atoms with Gasteiger partial charge in [0.25, 0.3) is 5.91 Å². The molecule has 2 heterocycles. The molecule has 1 unspecified atom stereocenters. The molecule has 8 nitrogen and oxygen atoms in total. The third-order valence-corrected chi connectivity index (χ3v) is 4.98. The quantitative estimate of drug-likeness (QED) is 0.773. The fourth-order valence-electron chi connectivity index (χ4n) is 3.09. The van der Waals surface area contributed by atoms with Gasteiger partial charge >= 0.3 is 0 Å². The standard InChI is InChI=1S/C18H27N5O3/c1-3-13(2)23(18(26)15-12-20-7-8-21-15)11-6-16(24)22-9-4-14(5-10-22)17(19)25/h7-8,12-14H,3-6,9-11H2,1-2H3,(H2,19,25). The topological polar surface area (TPSA) is 109 Å². The Morgan fingerprint density at radius 3 is 2.54 bits per heavy atom. The summed E-state index contributed by atoms with van der Waals surface area (Å²) < 4.78 is 0. The Labute approximate surface area is 153 Å². The SMILES string of the molecule is CCC(C)N(CCC(=O)N1CCC(C(N)=O)CC1)C(=O)c1cnccn1. The van der Waals surface area contributed by atoms with Gasteiger partial charge < -0.3 is 15.5 Å². The predicted molar refractivity (Wildman–Crippen MR) is 95.9 cm³/mol. The molecule has 1 saturated heterocycles. The van der Waals surface area contributed by atoms with Crippen LogP contribution in [0.25, 0.3) is 0 Å². The zero-order valence-corrected chi connectivity index (χ0v) is 15.4. The van der Waals surface area contributed by atoms with Crippen LogP contribution < -0.4 is 5.73 Å². The number of rotatable bonds is 7. The van der Waals surface area contributed by atoms with Gasteiger partial charge in [-0.3, -0.25) is 19.4 Å². The van der Waals surface area contributed by atoms with Crippen molar-refractivity contribution in [2.45, 2.75) is 45.6 Å². The molecule has 1 aromatic heterocycles. The molecule has 0 aliphatic carbocycles. The second-order valence-electron chi connectivity index (χ2n) is 6.65. The summed E-state index contributed by atoms with van der Waals surface area (Å²) in [4.78, 5) is 47.9. The third-order valence-electron chi connectivity index (χ3n) is 4.98. The van der Waals surface area contributed by atoms with E-state index in [2.05, 4.69) is 9.97 Å². The van der Waals surface area contributed by atoms with Crippen LogP contribution in [-0.2, 0) is 9.59 Å². The maximum atomic E-state index is 12.7. The first-order valence-corrected chi connectivity index (χ1v) is 9.08. The first-order valence-electron chi connectivity index (χ1n) is 9.08. The molecule has 8 heteroatoms. The van der Waals surface area contributed by atoms with Gasteiger partial charge in [-0.25, -0.2) is 4.98 Å². The Balaban J connectivity index is 1.94. The van der Waals surface area contributed by atoms with Crippen LogP contribution in [0.15, 0.2) is 18.6 Å². The fraction of sp³-hybridized carbons (Fsp3) is 0.611. The molecular formula is C18H27N5O3. The Morgan fingerprint density at radius 1 is 1.31 bits per heavy atom. The number of hydrogen-bond donors (Lipinski definition) is 1. The molecule has 1 atom stereocenters. The predicted octanol–water partition coefficient (Wildman–Crippen LogP) is 0.831. The van der Waals surface area contributed by atoms with Crippen LogP contribution in [0, 0.1) is 5.92 Å². The highest BCUT2D eigenvalue weighted by atomic mass is 16.2. The van der Waals surface area contributed by atoms with Crippen molar-refractivity contribution in [1.29, 1.82) is 0 Å². The van der Waals surface area contributed by atoms with Gasteiger partial charge in [-0.05, 0) is 26.2 Å². The van der Waals surface area contributed by atoms with Crippen LogP contribution in [-0.4, -0.2) is 63.2 Å². The summed E-state index contributed by atoms with van der Waals surface area (Å²) in [7, 11) is 0. The molecule has 1 aromatic rings. The van der Waals surface area contributed by atoms with Gasteiger partial charge in [0.15, 0.2) is 0 Å². The zero-order chi connectivity index (χ0) is 19.1. The number of likely N-dealkylation sites (tertiary alicyclic amines) is 1. The van der Waals surface area contributed by atoms with Gasteiger partial charge in [0.05, 0.1) is 6.20 Å². The van der Waals surface area contributed by atoms with E-state index in [0.29, 0.717) is 32.5 Å². The molecule has 26 heavy (non-hydrogen) atoms. The number of nitrogens with two attached hydrogens (primary N) is 1. The van der Waals surface area contributed by atoms with Crippen LogP contribution >= 0.6 is 0 Å². The molecule has 0 aromatic carbocycles. The van der Waals surface area contributed by atoms with E-state index < -0.39 is 0 Å². The lowest BCUT2D eigenvalue weighted by molar-refractivity contribution is -0.135. The van der Waals surface area contributed by atoms with Crippen LogP contribution in [0.2, 0.25) is 0 Å². The largest absolute Gasteiger partial charge is 0.369 e. The molecule has 2 rings (SSSR count). The zero-order valence-electron chi connectivity index (χ0n) is 15.4. The molecule has 0 spiro atoms. The molecule has 2 N–H and O–H groups in total. The monoisotopic (exact) mass is 361 g/mol. The maximum absolute atomic E-state index is 12.7. The van der Waals surface area contributed by atoms with Crippen LogP contribution in [0.5, 0.6) is 0 Å². The molecule has 1 aliphatic rings. The number of nitrogens with zero attached hydrogens (tertiary/aromatic N) is 4. The molecule has 0 bridgehead atoms. The van der Waals surface area contributed by atoms with Crippen molar-refractivity contribution < 1.29 is 14.4 Å². The van der Waals surface area contributed by atoms with E-state index in [4.69, 9.17) is 5.73 Å². The summed E-state index contributed by atoms with van der Waals surface area (Å²) in [6.07, 6.45) is 6.68. The van der Waals surface area contributed by atoms with Crippen molar-refractivity contribution in [1.82, 2.24) is 19.8 Å². The fourth-order valence-corrected chi connectivity index (χ4v) is 3.09. The van der Waals surface area contributed by atoms with Crippen molar-refractivity contribution in [2.24, 2.45) is 11.7 Å². The average Bonchev–Trinajstić information content (AvgIpc) is 2.68. The smallest absolute Gasteiger partial charge is 0.274 e. The molecule has 1 fully saturated rings. The third kappa shape index (κ3) is 5.00. The van der Waals surface area contributed by atoms with Gasteiger partial charge in [-0.15, -0.1) is 0 Å². The molecule has 142 valence electrons. The van der Waals surface area contributed by atoms with Crippen molar-refractivity contribution >= 4 is 17.7 Å². The van der Waals surface area contributed by atoms with E-state index in [9.17, 15) is 14.4 Å². The lowest BCUT2D eigenvalue weighted by Crippen LogP contribution is -2.44. The molecule has 0 saturated carbocycles. The van der Waals surface area contributed by atoms with E-state index >= 15 is 0 Å². The summed E-state index contributed by atoms with van der Waals surface area (Å²) in [6.45, 7) is 5.36. The first-order chi connectivity index (χ1) is 12.4. The van der Waals surface area contributed by atoms with Crippen LogP contribution in [0.3, 0.4) is 0 Å². The van der Waals surface area contributed by atoms with Crippen molar-refractivity contribution in [3.63, 3.8) is 0 Å². The maximum Gasteiger partial charge on any atom is 0.274 e.